The highest BCUT2D eigenvalue weighted by molar-refractivity contribution is 5.85. The van der Waals surface area contributed by atoms with E-state index < -0.39 is 0 Å². The maximum absolute atomic E-state index is 8.90. The minimum atomic E-state index is 0. The molecule has 0 spiro atoms. The molecule has 24 heavy (non-hydrogen) atoms. The van der Waals surface area contributed by atoms with Crippen molar-refractivity contribution in [3.05, 3.63) is 72.1 Å². The van der Waals surface area contributed by atoms with Crippen LogP contribution in [0, 0.1) is 11.3 Å². The average Bonchev–Trinajstić information content (AvgIpc) is 3.14. The fourth-order valence-corrected chi connectivity index (χ4v) is 2.23. The quantitative estimate of drug-likeness (QED) is 0.696. The van der Waals surface area contributed by atoms with Crippen LogP contribution in [0.3, 0.4) is 0 Å². The maximum Gasteiger partial charge on any atom is 0.235 e. The number of hydrogen-bond acceptors (Lipinski definition) is 5. The summed E-state index contributed by atoms with van der Waals surface area (Å²) in [5.74, 6) is 0.627. The molecule has 3 rings (SSSR count). The number of halogens is 1. The number of nitrogens with one attached hydrogen (secondary N) is 1. The van der Waals surface area contributed by atoms with Gasteiger partial charge in [0.25, 0.3) is 0 Å². The predicted molar refractivity (Wildman–Crippen MR) is 93.0 cm³/mol. The van der Waals surface area contributed by atoms with Crippen LogP contribution in [-0.2, 0) is 13.0 Å². The number of hydrogen-bond donors (Lipinski definition) is 1. The van der Waals surface area contributed by atoms with E-state index >= 15 is 0 Å². The summed E-state index contributed by atoms with van der Waals surface area (Å²) >= 11 is 0. The van der Waals surface area contributed by atoms with E-state index in [0.717, 1.165) is 30.8 Å². The fourth-order valence-electron chi connectivity index (χ4n) is 2.23. The molecule has 0 atom stereocenters. The van der Waals surface area contributed by atoms with Crippen LogP contribution in [0.15, 0.2) is 55.2 Å². The lowest BCUT2D eigenvalue weighted by Gasteiger charge is -2.06. The van der Waals surface area contributed by atoms with Gasteiger partial charge in [-0.05, 0) is 23.8 Å². The highest BCUT2D eigenvalue weighted by atomic mass is 35.5. The van der Waals surface area contributed by atoms with Gasteiger partial charge in [-0.3, -0.25) is 4.57 Å². The van der Waals surface area contributed by atoms with Gasteiger partial charge in [0.1, 0.15) is 6.33 Å². The first-order chi connectivity index (χ1) is 11.3. The van der Waals surface area contributed by atoms with Crippen LogP contribution in [0.1, 0.15) is 16.8 Å². The lowest BCUT2D eigenvalue weighted by atomic mass is 10.1. The molecule has 0 saturated carbocycles. The van der Waals surface area contributed by atoms with Gasteiger partial charge < -0.3 is 5.32 Å². The molecule has 2 heterocycles. The Hall–Kier alpha value is -2.75. The Bertz CT molecular complexity index is 810. The Balaban J connectivity index is 0.00000208. The molecule has 6 nitrogen and oxygen atoms in total. The average molecular weight is 341 g/mol. The third kappa shape index (κ3) is 4.62. The van der Waals surface area contributed by atoms with E-state index in [4.69, 9.17) is 5.26 Å². The van der Waals surface area contributed by atoms with Crippen molar-refractivity contribution >= 4 is 12.4 Å². The van der Waals surface area contributed by atoms with Crippen molar-refractivity contribution in [3.8, 4) is 12.0 Å². The third-order valence-corrected chi connectivity index (χ3v) is 3.38. The van der Waals surface area contributed by atoms with Crippen LogP contribution in [-0.4, -0.2) is 26.1 Å². The van der Waals surface area contributed by atoms with E-state index in [9.17, 15) is 0 Å². The van der Waals surface area contributed by atoms with Crippen LogP contribution in [0.4, 0.5) is 0 Å². The van der Waals surface area contributed by atoms with E-state index in [0.29, 0.717) is 11.5 Å². The van der Waals surface area contributed by atoms with Gasteiger partial charge in [-0.1, -0.05) is 12.1 Å². The largest absolute Gasteiger partial charge is 0.312 e. The second-order valence-corrected chi connectivity index (χ2v) is 5.06. The molecule has 0 bridgehead atoms. The summed E-state index contributed by atoms with van der Waals surface area (Å²) in [6.45, 7) is 1.53. The van der Waals surface area contributed by atoms with Gasteiger partial charge >= 0.3 is 0 Å². The molecule has 0 saturated heterocycles. The number of aromatic nitrogens is 4. The summed E-state index contributed by atoms with van der Waals surface area (Å²) in [5.41, 5.74) is 2.76. The molecule has 122 valence electrons. The van der Waals surface area contributed by atoms with Crippen molar-refractivity contribution in [2.45, 2.75) is 13.0 Å². The first kappa shape index (κ1) is 17.6. The fraction of sp³-hybridized carbons (Fsp3) is 0.176. The number of nitrogens with zero attached hydrogens (tertiary/aromatic N) is 5. The predicted octanol–water partition coefficient (Wildman–Crippen LogP) is 2.29. The molecular weight excluding hydrogens is 324 g/mol. The van der Waals surface area contributed by atoms with Gasteiger partial charge in [-0.15, -0.1) is 12.4 Å². The molecule has 0 radical (unpaired) electrons. The molecule has 0 aliphatic rings. The molecular formula is C17H17ClN6. The Morgan fingerprint density at radius 2 is 2.12 bits per heavy atom. The lowest BCUT2D eigenvalue weighted by Crippen LogP contribution is -2.17. The molecule has 0 unspecified atom stereocenters. The standard InChI is InChI=1S/C17H16N6.ClH/c18-11-14-2-1-3-15(10-14)12-19-6-4-16-5-7-21-17(22-16)23-9-8-20-13-23;/h1-3,5,7-10,13,19H,4,6,12H2;1H. The van der Waals surface area contributed by atoms with Crippen LogP contribution in [0.2, 0.25) is 0 Å². The second-order valence-electron chi connectivity index (χ2n) is 5.06. The monoisotopic (exact) mass is 340 g/mol. The highest BCUT2D eigenvalue weighted by Gasteiger charge is 2.01. The van der Waals surface area contributed by atoms with Gasteiger partial charge in [-0.25, -0.2) is 15.0 Å². The molecule has 3 aromatic rings. The van der Waals surface area contributed by atoms with Crippen LogP contribution in [0.5, 0.6) is 0 Å². The topological polar surface area (TPSA) is 79.4 Å². The first-order valence-corrected chi connectivity index (χ1v) is 7.35. The Morgan fingerprint density at radius 1 is 1.21 bits per heavy atom. The summed E-state index contributed by atoms with van der Waals surface area (Å²) < 4.78 is 1.78. The SMILES string of the molecule is Cl.N#Cc1cccc(CNCCc2ccnc(-n3ccnc3)n2)c1. The van der Waals surface area contributed by atoms with E-state index in [1.54, 1.807) is 23.3 Å². The normalized spacial score (nSPS) is 9.96. The molecule has 1 N–H and O–H groups in total. The first-order valence-electron chi connectivity index (χ1n) is 7.35. The summed E-state index contributed by atoms with van der Waals surface area (Å²) in [6.07, 6.45) is 7.77. The van der Waals surface area contributed by atoms with Crippen molar-refractivity contribution in [1.29, 1.82) is 5.26 Å². The Labute approximate surface area is 146 Å². The van der Waals surface area contributed by atoms with Crippen molar-refractivity contribution in [1.82, 2.24) is 24.8 Å². The van der Waals surface area contributed by atoms with E-state index in [2.05, 4.69) is 26.3 Å². The molecule has 1 aromatic carbocycles. The van der Waals surface area contributed by atoms with Gasteiger partial charge in [0.2, 0.25) is 5.95 Å². The van der Waals surface area contributed by atoms with Crippen molar-refractivity contribution in [3.63, 3.8) is 0 Å². The smallest absolute Gasteiger partial charge is 0.235 e. The summed E-state index contributed by atoms with van der Waals surface area (Å²) in [4.78, 5) is 12.8. The van der Waals surface area contributed by atoms with Gasteiger partial charge in [0.15, 0.2) is 0 Å². The van der Waals surface area contributed by atoms with Gasteiger partial charge in [0, 0.05) is 43.8 Å². The maximum atomic E-state index is 8.90. The Kier molecular flexibility index (Phi) is 6.43. The number of nitriles is 1. The van der Waals surface area contributed by atoms with Crippen LogP contribution >= 0.6 is 12.4 Å². The van der Waals surface area contributed by atoms with Gasteiger partial charge in [-0.2, -0.15) is 5.26 Å². The minimum absolute atomic E-state index is 0. The van der Waals surface area contributed by atoms with Crippen molar-refractivity contribution < 1.29 is 0 Å². The zero-order chi connectivity index (χ0) is 15.9. The Morgan fingerprint density at radius 3 is 2.92 bits per heavy atom. The summed E-state index contributed by atoms with van der Waals surface area (Å²) in [7, 11) is 0. The zero-order valence-electron chi connectivity index (χ0n) is 13.0. The number of rotatable bonds is 6. The number of imidazole rings is 1. The molecule has 0 aliphatic heterocycles. The van der Waals surface area contributed by atoms with Crippen LogP contribution < -0.4 is 5.32 Å². The highest BCUT2D eigenvalue weighted by Crippen LogP contribution is 2.04. The minimum Gasteiger partial charge on any atom is -0.312 e. The van der Waals surface area contributed by atoms with E-state index in [-0.39, 0.29) is 12.4 Å². The van der Waals surface area contributed by atoms with E-state index in [1.807, 2.05) is 36.5 Å². The molecule has 7 heteroatoms. The summed E-state index contributed by atoms with van der Waals surface area (Å²) in [5, 5.41) is 12.3. The third-order valence-electron chi connectivity index (χ3n) is 3.38. The van der Waals surface area contributed by atoms with Gasteiger partial charge in [0.05, 0.1) is 11.6 Å². The zero-order valence-corrected chi connectivity index (χ0v) is 13.8. The van der Waals surface area contributed by atoms with Crippen molar-refractivity contribution in [2.24, 2.45) is 0 Å². The molecule has 0 fully saturated rings. The second kappa shape index (κ2) is 8.77. The van der Waals surface area contributed by atoms with Crippen molar-refractivity contribution in [2.75, 3.05) is 6.54 Å². The van der Waals surface area contributed by atoms with E-state index in [1.165, 1.54) is 0 Å². The molecule has 0 amide bonds. The number of benzene rings is 1. The molecule has 2 aromatic heterocycles. The van der Waals surface area contributed by atoms with Crippen LogP contribution in [0.25, 0.3) is 5.95 Å². The molecule has 0 aliphatic carbocycles. The summed E-state index contributed by atoms with van der Waals surface area (Å²) in [6, 6.07) is 11.7. The lowest BCUT2D eigenvalue weighted by molar-refractivity contribution is 0.677.